The summed E-state index contributed by atoms with van der Waals surface area (Å²) in [6.45, 7) is 5.91. The lowest BCUT2D eigenvalue weighted by atomic mass is 10.0. The van der Waals surface area contributed by atoms with E-state index in [1.165, 1.54) is 0 Å². The van der Waals surface area contributed by atoms with Crippen molar-refractivity contribution < 1.29 is 9.59 Å². The Hall–Kier alpha value is -2.14. The number of anilines is 1. The maximum atomic E-state index is 12.8. The number of hydrogen-bond donors (Lipinski definition) is 2. The fourth-order valence-electron chi connectivity index (χ4n) is 2.47. The quantitative estimate of drug-likeness (QED) is 0.741. The van der Waals surface area contributed by atoms with Gasteiger partial charge in [0.2, 0.25) is 5.91 Å². The Morgan fingerprint density at radius 2 is 1.76 bits per heavy atom. The van der Waals surface area contributed by atoms with E-state index in [9.17, 15) is 9.59 Å². The highest BCUT2D eigenvalue weighted by Crippen LogP contribution is 2.22. The number of benzene rings is 2. The van der Waals surface area contributed by atoms with Crippen molar-refractivity contribution in [2.75, 3.05) is 5.32 Å². The van der Waals surface area contributed by atoms with Crippen molar-refractivity contribution in [1.29, 1.82) is 0 Å². The van der Waals surface area contributed by atoms with Gasteiger partial charge in [-0.3, -0.25) is 9.59 Å². The van der Waals surface area contributed by atoms with Crippen molar-refractivity contribution in [2.24, 2.45) is 5.92 Å². The van der Waals surface area contributed by atoms with Crippen LogP contribution in [0.3, 0.4) is 0 Å². The van der Waals surface area contributed by atoms with Crippen LogP contribution in [-0.2, 0) is 9.59 Å². The van der Waals surface area contributed by atoms with Gasteiger partial charge in [-0.05, 0) is 42.2 Å². The van der Waals surface area contributed by atoms with Crippen LogP contribution in [0.15, 0.2) is 53.0 Å². The maximum Gasteiger partial charge on any atom is 0.251 e. The fourth-order valence-corrected chi connectivity index (χ4v) is 2.72. The summed E-state index contributed by atoms with van der Waals surface area (Å²) in [5, 5.41) is 5.74. The lowest BCUT2D eigenvalue weighted by Gasteiger charge is -2.20. The minimum Gasteiger partial charge on any atom is -0.341 e. The average Bonchev–Trinajstić information content (AvgIpc) is 2.56. The predicted molar refractivity (Wildman–Crippen MR) is 104 cm³/mol. The monoisotopic (exact) mass is 402 g/mol. The zero-order chi connectivity index (χ0) is 18.4. The molecule has 0 spiro atoms. The summed E-state index contributed by atoms with van der Waals surface area (Å²) in [7, 11) is 0. The second-order valence-electron chi connectivity index (χ2n) is 6.46. The molecule has 2 amide bonds. The van der Waals surface area contributed by atoms with Crippen LogP contribution in [0.25, 0.3) is 0 Å². The van der Waals surface area contributed by atoms with E-state index in [-0.39, 0.29) is 17.7 Å². The van der Waals surface area contributed by atoms with Gasteiger partial charge in [0.05, 0.1) is 0 Å². The molecule has 2 rings (SSSR count). The van der Waals surface area contributed by atoms with Crippen molar-refractivity contribution in [3.05, 3.63) is 64.1 Å². The molecule has 1 atom stereocenters. The normalized spacial score (nSPS) is 11.9. The summed E-state index contributed by atoms with van der Waals surface area (Å²) in [5.41, 5.74) is 2.48. The zero-order valence-electron chi connectivity index (χ0n) is 14.7. The van der Waals surface area contributed by atoms with E-state index in [4.69, 9.17) is 0 Å². The SMILES string of the molecule is Cc1cc(NC(=O)C(NC(=O)CC(C)C)c2ccccc2)ccc1Br. The molecule has 0 aliphatic carbocycles. The number of hydrogen-bond acceptors (Lipinski definition) is 2. The molecule has 0 aromatic heterocycles. The van der Waals surface area contributed by atoms with E-state index in [0.717, 1.165) is 15.6 Å². The predicted octanol–water partition coefficient (Wildman–Crippen LogP) is 4.60. The largest absolute Gasteiger partial charge is 0.341 e. The van der Waals surface area contributed by atoms with Crippen LogP contribution in [0.1, 0.15) is 37.4 Å². The van der Waals surface area contributed by atoms with Crippen LogP contribution in [0, 0.1) is 12.8 Å². The Morgan fingerprint density at radius 3 is 2.36 bits per heavy atom. The van der Waals surface area contributed by atoms with Crippen molar-refractivity contribution in [2.45, 2.75) is 33.2 Å². The molecule has 132 valence electrons. The Bertz CT molecular complexity index is 745. The molecule has 2 aromatic carbocycles. The van der Waals surface area contributed by atoms with Gasteiger partial charge in [-0.2, -0.15) is 0 Å². The molecule has 2 aromatic rings. The molecular formula is C20H23BrN2O2. The number of amides is 2. The molecular weight excluding hydrogens is 380 g/mol. The topological polar surface area (TPSA) is 58.2 Å². The summed E-state index contributed by atoms with van der Waals surface area (Å²) in [6, 6.07) is 14.2. The summed E-state index contributed by atoms with van der Waals surface area (Å²) in [6.07, 6.45) is 0.383. The molecule has 0 saturated carbocycles. The zero-order valence-corrected chi connectivity index (χ0v) is 16.3. The van der Waals surface area contributed by atoms with Gasteiger partial charge in [0.1, 0.15) is 6.04 Å². The standard InChI is InChI=1S/C20H23BrN2O2/c1-13(2)11-18(24)23-19(15-7-5-4-6-8-15)20(25)22-16-9-10-17(21)14(3)12-16/h4-10,12-13,19H,11H2,1-3H3,(H,22,25)(H,23,24). The molecule has 0 heterocycles. The first kappa shape index (κ1) is 19.2. The van der Waals surface area contributed by atoms with E-state index in [1.54, 1.807) is 0 Å². The number of nitrogens with one attached hydrogen (secondary N) is 2. The van der Waals surface area contributed by atoms with Crippen LogP contribution in [0.4, 0.5) is 5.69 Å². The van der Waals surface area contributed by atoms with Crippen molar-refractivity contribution in [3.8, 4) is 0 Å². The van der Waals surface area contributed by atoms with Crippen molar-refractivity contribution in [1.82, 2.24) is 5.32 Å². The van der Waals surface area contributed by atoms with Gasteiger partial charge in [-0.25, -0.2) is 0 Å². The van der Waals surface area contributed by atoms with Crippen LogP contribution in [0.5, 0.6) is 0 Å². The third-order valence-corrected chi connectivity index (χ3v) is 4.61. The lowest BCUT2D eigenvalue weighted by Crippen LogP contribution is -2.37. The minimum absolute atomic E-state index is 0.133. The van der Waals surface area contributed by atoms with Crippen molar-refractivity contribution >= 4 is 33.4 Å². The van der Waals surface area contributed by atoms with Crippen LogP contribution in [0.2, 0.25) is 0 Å². The molecule has 0 bridgehead atoms. The fraction of sp³-hybridized carbons (Fsp3) is 0.300. The minimum atomic E-state index is -0.726. The Labute approximate surface area is 157 Å². The van der Waals surface area contributed by atoms with Gasteiger partial charge in [0.15, 0.2) is 0 Å². The molecule has 1 unspecified atom stereocenters. The third-order valence-electron chi connectivity index (χ3n) is 3.72. The summed E-state index contributed by atoms with van der Waals surface area (Å²) in [5.74, 6) is -0.162. The first-order chi connectivity index (χ1) is 11.9. The summed E-state index contributed by atoms with van der Waals surface area (Å²) < 4.78 is 0.982. The van der Waals surface area contributed by atoms with E-state index in [0.29, 0.717) is 12.1 Å². The van der Waals surface area contributed by atoms with E-state index in [2.05, 4.69) is 26.6 Å². The Balaban J connectivity index is 2.20. The van der Waals surface area contributed by atoms with Gasteiger partial charge in [-0.15, -0.1) is 0 Å². The third kappa shape index (κ3) is 5.71. The molecule has 0 fully saturated rings. The highest BCUT2D eigenvalue weighted by atomic mass is 79.9. The number of carbonyl (C=O) groups excluding carboxylic acids is 2. The number of halogens is 1. The van der Waals surface area contributed by atoms with Gasteiger partial charge >= 0.3 is 0 Å². The van der Waals surface area contributed by atoms with E-state index < -0.39 is 6.04 Å². The first-order valence-corrected chi connectivity index (χ1v) is 9.07. The summed E-state index contributed by atoms with van der Waals surface area (Å²) in [4.78, 5) is 25.0. The molecule has 0 aliphatic heterocycles. The van der Waals surface area contributed by atoms with Crippen molar-refractivity contribution in [3.63, 3.8) is 0 Å². The van der Waals surface area contributed by atoms with Gasteiger partial charge < -0.3 is 10.6 Å². The van der Waals surface area contributed by atoms with E-state index in [1.807, 2.05) is 69.3 Å². The maximum absolute atomic E-state index is 12.8. The number of aryl methyl sites for hydroxylation is 1. The van der Waals surface area contributed by atoms with Gasteiger partial charge in [-0.1, -0.05) is 60.1 Å². The second-order valence-corrected chi connectivity index (χ2v) is 7.32. The second kappa shape index (κ2) is 8.81. The molecule has 5 heteroatoms. The molecule has 0 saturated heterocycles. The Kier molecular flexibility index (Phi) is 6.76. The molecule has 2 N–H and O–H groups in total. The van der Waals surface area contributed by atoms with Crippen LogP contribution in [-0.4, -0.2) is 11.8 Å². The molecule has 0 aliphatic rings. The van der Waals surface area contributed by atoms with E-state index >= 15 is 0 Å². The van der Waals surface area contributed by atoms with Crippen LogP contribution >= 0.6 is 15.9 Å². The highest BCUT2D eigenvalue weighted by molar-refractivity contribution is 9.10. The molecule has 25 heavy (non-hydrogen) atoms. The van der Waals surface area contributed by atoms with Gasteiger partial charge in [0.25, 0.3) is 5.91 Å². The first-order valence-electron chi connectivity index (χ1n) is 8.28. The number of rotatable bonds is 6. The smallest absolute Gasteiger partial charge is 0.251 e. The Morgan fingerprint density at radius 1 is 1.08 bits per heavy atom. The summed E-state index contributed by atoms with van der Waals surface area (Å²) >= 11 is 3.45. The highest BCUT2D eigenvalue weighted by Gasteiger charge is 2.23. The average molecular weight is 403 g/mol. The van der Waals surface area contributed by atoms with Gasteiger partial charge in [0, 0.05) is 16.6 Å². The van der Waals surface area contributed by atoms with Crippen LogP contribution < -0.4 is 10.6 Å². The molecule has 4 nitrogen and oxygen atoms in total. The number of carbonyl (C=O) groups is 2. The lowest BCUT2D eigenvalue weighted by molar-refractivity contribution is -0.127. The molecule has 0 radical (unpaired) electrons.